The highest BCUT2D eigenvalue weighted by molar-refractivity contribution is 7.22. The van der Waals surface area contributed by atoms with E-state index in [0.717, 1.165) is 43.2 Å². The van der Waals surface area contributed by atoms with E-state index >= 15 is 17.6 Å². The number of carbonyl (C=O) groups excluding carboxylic acids is 1. The zero-order valence-electron chi connectivity index (χ0n) is 28.2. The lowest BCUT2D eigenvalue weighted by Gasteiger charge is -2.35. The van der Waals surface area contributed by atoms with E-state index < -0.39 is 52.2 Å². The Balaban J connectivity index is 1.26. The second-order valence-electron chi connectivity index (χ2n) is 14.9. The van der Waals surface area contributed by atoms with Gasteiger partial charge >= 0.3 is 18.3 Å². The van der Waals surface area contributed by atoms with Crippen molar-refractivity contribution in [3.05, 3.63) is 29.7 Å². The normalized spacial score (nSPS) is 25.2. The maximum Gasteiger partial charge on any atom is 0.420 e. The van der Waals surface area contributed by atoms with Crippen LogP contribution in [-0.2, 0) is 10.9 Å². The monoisotopic (exact) mass is 732 g/mol. The average Bonchev–Trinajstić information content (AvgIpc) is 3.80. The molecule has 11 nitrogen and oxygen atoms in total. The summed E-state index contributed by atoms with van der Waals surface area (Å²) in [4.78, 5) is 34.2. The van der Waals surface area contributed by atoms with Crippen molar-refractivity contribution in [2.75, 3.05) is 43.0 Å². The van der Waals surface area contributed by atoms with Gasteiger partial charge in [-0.05, 0) is 65.1 Å². The van der Waals surface area contributed by atoms with Gasteiger partial charge in [-0.1, -0.05) is 11.3 Å². The number of thiazole rings is 1. The first kappa shape index (κ1) is 34.1. The molecule has 0 saturated carbocycles. The molecule has 1 amide bonds. The lowest BCUT2D eigenvalue weighted by Crippen LogP contribution is -2.51. The Bertz CT molecular complexity index is 2010. The number of nitrogens with one attached hydrogen (secondary N) is 2. The summed E-state index contributed by atoms with van der Waals surface area (Å²) in [5.74, 6) is -0.454. The molecule has 0 aliphatic carbocycles. The number of halogens is 5. The molecule has 4 aromatic rings. The zero-order valence-corrected chi connectivity index (χ0v) is 29.1. The van der Waals surface area contributed by atoms with Crippen LogP contribution in [0.2, 0.25) is 0 Å². The molecule has 0 radical (unpaired) electrons. The molecule has 51 heavy (non-hydrogen) atoms. The number of fused-ring (bicyclic) bond motifs is 5. The van der Waals surface area contributed by atoms with Crippen LogP contribution in [0, 0.1) is 5.82 Å². The zero-order chi connectivity index (χ0) is 35.9. The van der Waals surface area contributed by atoms with Crippen LogP contribution in [0.1, 0.15) is 58.4 Å². The maximum absolute atomic E-state index is 15.4. The summed E-state index contributed by atoms with van der Waals surface area (Å²) in [6, 6.07) is 2.30. The standard InChI is InChI=1S/C34H37F5N8O3S/c1-32(2,3)50-31(48)45-30-43-26-20(7-8-22(36)27(26)51-30)24-23(34(37,38)39)25-21(12-40-24)28(46-14-18-5-6-19(15-46)41-18)44-29(42-25)49-16-33-9-4-10-47(33)13-17(35)11-33/h7-8,12,17-19,41H,4-6,9-11,13-16H2,1-3H3,(H,43,45,48)/t17-,18?,19?,33+/m1/s1. The molecule has 4 saturated heterocycles. The average molecular weight is 733 g/mol. The van der Waals surface area contributed by atoms with Gasteiger partial charge in [-0.2, -0.15) is 23.1 Å². The van der Waals surface area contributed by atoms with Gasteiger partial charge in [0.25, 0.3) is 0 Å². The van der Waals surface area contributed by atoms with E-state index in [4.69, 9.17) is 9.47 Å². The van der Waals surface area contributed by atoms with Gasteiger partial charge < -0.3 is 19.7 Å². The number of piperazine rings is 1. The van der Waals surface area contributed by atoms with Gasteiger partial charge in [-0.3, -0.25) is 15.2 Å². The molecule has 1 aromatic carbocycles. The molecule has 4 aliphatic rings. The van der Waals surface area contributed by atoms with Crippen molar-refractivity contribution in [2.45, 2.75) is 88.4 Å². The van der Waals surface area contributed by atoms with Crippen LogP contribution in [0.5, 0.6) is 6.01 Å². The first-order chi connectivity index (χ1) is 24.2. The number of rotatable bonds is 6. The minimum Gasteiger partial charge on any atom is -0.461 e. The highest BCUT2D eigenvalue weighted by atomic mass is 32.1. The number of ether oxygens (including phenoxy) is 2. The number of hydrogen-bond acceptors (Lipinski definition) is 11. The van der Waals surface area contributed by atoms with Crippen molar-refractivity contribution in [2.24, 2.45) is 0 Å². The number of alkyl halides is 4. The molecule has 8 rings (SSSR count). The van der Waals surface area contributed by atoms with Crippen LogP contribution in [-0.4, -0.2) is 93.1 Å². The van der Waals surface area contributed by atoms with Gasteiger partial charge in [0.05, 0.1) is 32.4 Å². The third-order valence-electron chi connectivity index (χ3n) is 10.1. The predicted molar refractivity (Wildman–Crippen MR) is 181 cm³/mol. The van der Waals surface area contributed by atoms with Crippen molar-refractivity contribution in [1.82, 2.24) is 30.2 Å². The molecule has 4 fully saturated rings. The largest absolute Gasteiger partial charge is 0.461 e. The van der Waals surface area contributed by atoms with Gasteiger partial charge in [0.2, 0.25) is 0 Å². The first-order valence-electron chi connectivity index (χ1n) is 17.1. The summed E-state index contributed by atoms with van der Waals surface area (Å²) < 4.78 is 87.2. The lowest BCUT2D eigenvalue weighted by molar-refractivity contribution is -0.136. The fourth-order valence-electron chi connectivity index (χ4n) is 8.06. The molecule has 7 heterocycles. The molecule has 2 bridgehead atoms. The number of benzene rings is 1. The van der Waals surface area contributed by atoms with Crippen molar-refractivity contribution < 1.29 is 36.2 Å². The Morgan fingerprint density at radius 1 is 1.10 bits per heavy atom. The summed E-state index contributed by atoms with van der Waals surface area (Å²) in [5.41, 5.74) is -3.70. The molecule has 2 N–H and O–H groups in total. The van der Waals surface area contributed by atoms with Gasteiger partial charge in [0, 0.05) is 49.9 Å². The number of pyridine rings is 1. The fourth-order valence-corrected chi connectivity index (χ4v) is 8.94. The number of anilines is 2. The van der Waals surface area contributed by atoms with Gasteiger partial charge in [-0.15, -0.1) is 0 Å². The molecule has 0 spiro atoms. The second kappa shape index (κ2) is 12.3. The molecular formula is C34H37F5N8O3S. The Labute approximate surface area is 293 Å². The van der Waals surface area contributed by atoms with Crippen LogP contribution < -0.4 is 20.3 Å². The number of aromatic nitrogens is 4. The summed E-state index contributed by atoms with van der Waals surface area (Å²) >= 11 is 0.764. The SMILES string of the molecule is CC(C)(C)OC(=O)Nc1nc2c(-c3ncc4c(N5CC6CCC(C5)N6)nc(OC[C@@]56CCCN5C[C@H](F)C6)nc4c3C(F)(F)F)ccc(F)c2s1. The molecule has 17 heteroatoms. The van der Waals surface area contributed by atoms with E-state index in [0.29, 0.717) is 26.1 Å². The van der Waals surface area contributed by atoms with Crippen LogP contribution in [0.25, 0.3) is 32.4 Å². The molecule has 4 aliphatic heterocycles. The Kier molecular flexibility index (Phi) is 8.25. The topological polar surface area (TPSA) is 118 Å². The van der Waals surface area contributed by atoms with E-state index in [1.807, 2.05) is 4.90 Å². The molecule has 272 valence electrons. The fraction of sp³-hybridized carbons (Fsp3) is 0.559. The number of amides is 1. The Morgan fingerprint density at radius 2 is 1.86 bits per heavy atom. The second-order valence-corrected chi connectivity index (χ2v) is 15.9. The third kappa shape index (κ3) is 6.41. The van der Waals surface area contributed by atoms with Crippen molar-refractivity contribution in [3.8, 4) is 17.3 Å². The Morgan fingerprint density at radius 3 is 2.59 bits per heavy atom. The van der Waals surface area contributed by atoms with Gasteiger partial charge in [0.1, 0.15) is 35.6 Å². The highest BCUT2D eigenvalue weighted by Crippen LogP contribution is 2.46. The minimum atomic E-state index is -4.98. The van der Waals surface area contributed by atoms with Crippen LogP contribution in [0.15, 0.2) is 18.3 Å². The van der Waals surface area contributed by atoms with Gasteiger partial charge in [0.15, 0.2) is 5.13 Å². The van der Waals surface area contributed by atoms with E-state index in [-0.39, 0.29) is 63.2 Å². The van der Waals surface area contributed by atoms with E-state index in [1.54, 1.807) is 20.8 Å². The number of carbonyl (C=O) groups is 1. The number of hydrogen-bond donors (Lipinski definition) is 2. The maximum atomic E-state index is 15.4. The quantitative estimate of drug-likeness (QED) is 0.208. The number of nitrogens with zero attached hydrogens (tertiary/aromatic N) is 6. The first-order valence-corrected chi connectivity index (χ1v) is 17.9. The van der Waals surface area contributed by atoms with E-state index in [2.05, 4.69) is 35.5 Å². The molecule has 4 atom stereocenters. The predicted octanol–water partition coefficient (Wildman–Crippen LogP) is 6.70. The molecule has 3 aromatic heterocycles. The van der Waals surface area contributed by atoms with Crippen LogP contribution >= 0.6 is 11.3 Å². The highest BCUT2D eigenvalue weighted by Gasteiger charge is 2.49. The summed E-state index contributed by atoms with van der Waals surface area (Å²) in [6.45, 7) is 7.11. The summed E-state index contributed by atoms with van der Waals surface area (Å²) in [6.07, 6.45) is -1.80. The lowest BCUT2D eigenvalue weighted by atomic mass is 9.95. The minimum absolute atomic E-state index is 0.0370. The van der Waals surface area contributed by atoms with Crippen molar-refractivity contribution in [1.29, 1.82) is 0 Å². The summed E-state index contributed by atoms with van der Waals surface area (Å²) in [7, 11) is 0. The van der Waals surface area contributed by atoms with Crippen molar-refractivity contribution >= 4 is 49.5 Å². The molecule has 2 unspecified atom stereocenters. The van der Waals surface area contributed by atoms with Crippen molar-refractivity contribution in [3.63, 3.8) is 0 Å². The smallest absolute Gasteiger partial charge is 0.420 e. The van der Waals surface area contributed by atoms with Crippen LogP contribution in [0.4, 0.5) is 37.7 Å². The van der Waals surface area contributed by atoms with Gasteiger partial charge in [-0.25, -0.2) is 18.6 Å². The third-order valence-corrected chi connectivity index (χ3v) is 11.1. The Hall–Kier alpha value is -3.96. The van der Waals surface area contributed by atoms with E-state index in [1.165, 1.54) is 12.3 Å². The molecular weight excluding hydrogens is 695 g/mol. The van der Waals surface area contributed by atoms with Crippen LogP contribution in [0.3, 0.4) is 0 Å². The summed E-state index contributed by atoms with van der Waals surface area (Å²) in [5, 5.41) is 6.01. The van der Waals surface area contributed by atoms with E-state index in [9.17, 15) is 9.18 Å².